The number of nitrogens with zero attached hydrogens (tertiary/aromatic N) is 2. The summed E-state index contributed by atoms with van der Waals surface area (Å²) in [5, 5.41) is 3.33. The van der Waals surface area contributed by atoms with Crippen LogP contribution in [0, 0.1) is 5.92 Å². The number of carbonyl (C=O) groups is 1. The zero-order chi connectivity index (χ0) is 12.1. The third-order valence-electron chi connectivity index (χ3n) is 3.62. The highest BCUT2D eigenvalue weighted by molar-refractivity contribution is 5.78. The van der Waals surface area contributed by atoms with Crippen molar-refractivity contribution in [3.8, 4) is 0 Å². The molecule has 2 saturated heterocycles. The lowest BCUT2D eigenvalue weighted by Gasteiger charge is -2.29. The molecule has 0 bridgehead atoms. The number of likely N-dealkylation sites (N-methyl/N-ethyl adjacent to an activating group) is 1. The van der Waals surface area contributed by atoms with Crippen LogP contribution >= 0.6 is 0 Å². The molecule has 0 aromatic rings. The molecule has 2 aliphatic rings. The zero-order valence-electron chi connectivity index (χ0n) is 10.7. The molecular weight excluding hydrogens is 218 g/mol. The van der Waals surface area contributed by atoms with E-state index in [1.54, 1.807) is 0 Å². The Morgan fingerprint density at radius 3 is 2.88 bits per heavy atom. The Hall–Kier alpha value is -0.650. The molecule has 0 aromatic carbocycles. The summed E-state index contributed by atoms with van der Waals surface area (Å²) >= 11 is 0. The van der Waals surface area contributed by atoms with Crippen molar-refractivity contribution in [1.82, 2.24) is 15.1 Å². The van der Waals surface area contributed by atoms with Crippen LogP contribution in [0.5, 0.6) is 0 Å². The van der Waals surface area contributed by atoms with Gasteiger partial charge in [0.25, 0.3) is 0 Å². The summed E-state index contributed by atoms with van der Waals surface area (Å²) in [4.78, 5) is 16.3. The number of carbonyl (C=O) groups excluding carboxylic acids is 1. The van der Waals surface area contributed by atoms with Gasteiger partial charge in [0.15, 0.2) is 0 Å². The van der Waals surface area contributed by atoms with Gasteiger partial charge in [0.05, 0.1) is 12.5 Å². The summed E-state index contributed by atoms with van der Waals surface area (Å²) in [5.41, 5.74) is 0. The second-order valence-corrected chi connectivity index (χ2v) is 4.91. The smallest absolute Gasteiger partial charge is 0.227 e. The maximum atomic E-state index is 12.0. The Balaban J connectivity index is 1.68. The van der Waals surface area contributed by atoms with Gasteiger partial charge >= 0.3 is 0 Å². The predicted molar refractivity (Wildman–Crippen MR) is 65.9 cm³/mol. The molecule has 17 heavy (non-hydrogen) atoms. The highest BCUT2D eigenvalue weighted by Crippen LogP contribution is 2.14. The van der Waals surface area contributed by atoms with Gasteiger partial charge in [-0.3, -0.25) is 9.69 Å². The molecule has 0 radical (unpaired) electrons. The molecule has 1 N–H and O–H groups in total. The van der Waals surface area contributed by atoms with Crippen molar-refractivity contribution in [2.45, 2.75) is 6.42 Å². The lowest BCUT2D eigenvalue weighted by Crippen LogP contribution is -2.47. The number of nitrogens with one attached hydrogen (secondary N) is 1. The largest absolute Gasteiger partial charge is 0.381 e. The minimum Gasteiger partial charge on any atom is -0.381 e. The lowest BCUT2D eigenvalue weighted by molar-refractivity contribution is -0.134. The van der Waals surface area contributed by atoms with E-state index >= 15 is 0 Å². The Bertz CT molecular complexity index is 248. The molecule has 1 atom stereocenters. The molecular formula is C12H23N3O2. The molecule has 0 aromatic heterocycles. The minimum atomic E-state index is 0.100. The second-order valence-electron chi connectivity index (χ2n) is 4.91. The molecule has 5 nitrogen and oxygen atoms in total. The van der Waals surface area contributed by atoms with Crippen molar-refractivity contribution >= 4 is 5.91 Å². The summed E-state index contributed by atoms with van der Waals surface area (Å²) in [6.45, 7) is 7.47. The van der Waals surface area contributed by atoms with Crippen LogP contribution in [-0.2, 0) is 9.53 Å². The summed E-state index contributed by atoms with van der Waals surface area (Å²) in [6.07, 6.45) is 0.886. The maximum absolute atomic E-state index is 12.0. The number of rotatable bonds is 4. The van der Waals surface area contributed by atoms with Crippen LogP contribution in [0.2, 0.25) is 0 Å². The maximum Gasteiger partial charge on any atom is 0.227 e. The molecule has 2 heterocycles. The van der Waals surface area contributed by atoms with Crippen molar-refractivity contribution in [3.63, 3.8) is 0 Å². The molecule has 2 rings (SSSR count). The number of hydrogen-bond donors (Lipinski definition) is 1. The van der Waals surface area contributed by atoms with Crippen LogP contribution in [0.4, 0.5) is 0 Å². The summed E-state index contributed by atoms with van der Waals surface area (Å²) in [7, 11) is 1.91. The fourth-order valence-electron chi connectivity index (χ4n) is 2.38. The SMILES string of the molecule is CN(CCN1CCNCC1)C(=O)C1CCOC1. The Labute approximate surface area is 103 Å². The molecule has 1 unspecified atom stereocenters. The normalized spacial score (nSPS) is 26.1. The van der Waals surface area contributed by atoms with E-state index < -0.39 is 0 Å². The van der Waals surface area contributed by atoms with Gasteiger partial charge in [0, 0.05) is 52.9 Å². The molecule has 2 aliphatic heterocycles. The number of ether oxygens (including phenoxy) is 1. The molecule has 1 amide bonds. The molecule has 0 spiro atoms. The van der Waals surface area contributed by atoms with Gasteiger partial charge < -0.3 is 15.0 Å². The van der Waals surface area contributed by atoms with E-state index in [0.717, 1.165) is 52.3 Å². The Morgan fingerprint density at radius 1 is 1.47 bits per heavy atom. The van der Waals surface area contributed by atoms with Crippen LogP contribution in [0.15, 0.2) is 0 Å². The third-order valence-corrected chi connectivity index (χ3v) is 3.62. The highest BCUT2D eigenvalue weighted by Gasteiger charge is 2.26. The average Bonchev–Trinajstić information content (AvgIpc) is 2.90. The quantitative estimate of drug-likeness (QED) is 0.713. The van der Waals surface area contributed by atoms with Crippen molar-refractivity contribution in [1.29, 1.82) is 0 Å². The van der Waals surface area contributed by atoms with Gasteiger partial charge in [-0.25, -0.2) is 0 Å². The van der Waals surface area contributed by atoms with Crippen LogP contribution in [0.25, 0.3) is 0 Å². The number of hydrogen-bond acceptors (Lipinski definition) is 4. The predicted octanol–water partition coefficient (Wildman–Crippen LogP) is -0.613. The zero-order valence-corrected chi connectivity index (χ0v) is 10.7. The molecule has 5 heteroatoms. The molecule has 98 valence electrons. The van der Waals surface area contributed by atoms with Gasteiger partial charge in [-0.05, 0) is 6.42 Å². The van der Waals surface area contributed by atoms with Gasteiger partial charge in [0.2, 0.25) is 5.91 Å². The van der Waals surface area contributed by atoms with Crippen molar-refractivity contribution < 1.29 is 9.53 Å². The van der Waals surface area contributed by atoms with E-state index in [2.05, 4.69) is 10.2 Å². The van der Waals surface area contributed by atoms with Gasteiger partial charge in [0.1, 0.15) is 0 Å². The first-order valence-corrected chi connectivity index (χ1v) is 6.53. The van der Waals surface area contributed by atoms with Gasteiger partial charge in [-0.15, -0.1) is 0 Å². The van der Waals surface area contributed by atoms with Crippen LogP contribution in [0.1, 0.15) is 6.42 Å². The van der Waals surface area contributed by atoms with Crippen molar-refractivity contribution in [3.05, 3.63) is 0 Å². The number of amides is 1. The van der Waals surface area contributed by atoms with E-state index in [9.17, 15) is 4.79 Å². The summed E-state index contributed by atoms with van der Waals surface area (Å²) < 4.78 is 5.26. The molecule has 0 aliphatic carbocycles. The monoisotopic (exact) mass is 241 g/mol. The van der Waals surface area contributed by atoms with Gasteiger partial charge in [-0.2, -0.15) is 0 Å². The van der Waals surface area contributed by atoms with Crippen LogP contribution < -0.4 is 5.32 Å². The second kappa shape index (κ2) is 6.33. The van der Waals surface area contributed by atoms with E-state index in [1.165, 1.54) is 0 Å². The molecule has 2 fully saturated rings. The van der Waals surface area contributed by atoms with Crippen LogP contribution in [0.3, 0.4) is 0 Å². The average molecular weight is 241 g/mol. The lowest BCUT2D eigenvalue weighted by atomic mass is 10.1. The third kappa shape index (κ3) is 3.66. The first kappa shape index (κ1) is 12.8. The fraction of sp³-hybridized carbons (Fsp3) is 0.917. The fourth-order valence-corrected chi connectivity index (χ4v) is 2.38. The topological polar surface area (TPSA) is 44.8 Å². The van der Waals surface area contributed by atoms with E-state index in [-0.39, 0.29) is 11.8 Å². The van der Waals surface area contributed by atoms with Crippen molar-refractivity contribution in [2.75, 3.05) is 59.5 Å². The standard InChI is InChI=1S/C12H23N3O2/c1-14(12(16)11-2-9-17-10-11)7-8-15-5-3-13-4-6-15/h11,13H,2-10H2,1H3. The molecule has 0 saturated carbocycles. The van der Waals surface area contributed by atoms with Crippen LogP contribution in [-0.4, -0.2) is 75.2 Å². The summed E-state index contributed by atoms with van der Waals surface area (Å²) in [5.74, 6) is 0.348. The summed E-state index contributed by atoms with van der Waals surface area (Å²) in [6, 6.07) is 0. The Kier molecular flexibility index (Phi) is 4.76. The van der Waals surface area contributed by atoms with E-state index in [4.69, 9.17) is 4.74 Å². The Morgan fingerprint density at radius 2 is 2.24 bits per heavy atom. The van der Waals surface area contributed by atoms with E-state index in [1.807, 2.05) is 11.9 Å². The minimum absolute atomic E-state index is 0.100. The van der Waals surface area contributed by atoms with Gasteiger partial charge in [-0.1, -0.05) is 0 Å². The first-order valence-electron chi connectivity index (χ1n) is 6.53. The first-order chi connectivity index (χ1) is 8.27. The van der Waals surface area contributed by atoms with E-state index in [0.29, 0.717) is 6.61 Å². The highest BCUT2D eigenvalue weighted by atomic mass is 16.5. The number of piperazine rings is 1. The van der Waals surface area contributed by atoms with Crippen molar-refractivity contribution in [2.24, 2.45) is 5.92 Å².